The van der Waals surface area contributed by atoms with Crippen molar-refractivity contribution in [2.24, 2.45) is 0 Å². The van der Waals surface area contributed by atoms with E-state index in [0.717, 1.165) is 58.7 Å². The molecular weight excluding hydrogens is 1380 g/mol. The average Bonchev–Trinajstić information content (AvgIpc) is 1.57. The van der Waals surface area contributed by atoms with E-state index < -0.39 is 163 Å². The minimum Gasteiger partial charge on any atom is -0.249 e. The van der Waals surface area contributed by atoms with Gasteiger partial charge in [0.2, 0.25) is 6.34 Å². The SMILES string of the molecule is FC(F)(F)c1cc(-c2cc(-c3ccc([C@H]4Cc5ccccc5[C@@H]5[C@H]6c7ccccc7C[C@H](c7ccc(-c8cc(-c9cc(C(F)(F)F)cc(C(F)(F)F)c9)cc(-c9cc(C(F)(F)F)cc(C(F)(F)F)c9)c8)cc7)[N+]6=CN45)cc3)cc(-c3cc(C(F)(F)F)cc(C(F)(F)F)c3)c2)cc(C(F)(F)F)c1. The van der Waals surface area contributed by atoms with Crippen LogP contribution in [0.2, 0.25) is 0 Å². The Hall–Kier alpha value is -10.0. The Labute approximate surface area is 556 Å². The van der Waals surface area contributed by atoms with Crippen molar-refractivity contribution in [2.75, 3.05) is 0 Å². The van der Waals surface area contributed by atoms with Gasteiger partial charge in [0.25, 0.3) is 0 Å². The molecule has 0 bridgehead atoms. The van der Waals surface area contributed by atoms with Crippen molar-refractivity contribution in [3.63, 3.8) is 0 Å². The van der Waals surface area contributed by atoms with E-state index in [1.165, 1.54) is 24.3 Å². The molecular formula is C75H43F24N2+. The zero-order valence-corrected chi connectivity index (χ0v) is 50.9. The topological polar surface area (TPSA) is 6.25 Å². The molecule has 0 aliphatic carbocycles. The normalized spacial score (nSPS) is 17.5. The molecule has 26 heteroatoms. The molecule has 0 spiro atoms. The second kappa shape index (κ2) is 24.4. The van der Waals surface area contributed by atoms with Crippen LogP contribution in [-0.2, 0) is 62.3 Å². The molecule has 0 aromatic heterocycles. The van der Waals surface area contributed by atoms with Gasteiger partial charge in [-0.15, -0.1) is 0 Å². The quantitative estimate of drug-likeness (QED) is 0.109. The highest BCUT2D eigenvalue weighted by Gasteiger charge is 2.55. The minimum atomic E-state index is -5.36. The first kappa shape index (κ1) is 69.5. The maximum atomic E-state index is 14.3. The minimum absolute atomic E-state index is 0.0400. The van der Waals surface area contributed by atoms with E-state index in [4.69, 9.17) is 0 Å². The second-order valence-electron chi connectivity index (χ2n) is 24.8. The fraction of sp³-hybridized carbons (Fsp3) is 0.187. The number of fused-ring (bicyclic) bond motifs is 7. The third-order valence-corrected chi connectivity index (χ3v) is 18.3. The number of benzene rings is 10. The second-order valence-corrected chi connectivity index (χ2v) is 24.8. The summed E-state index contributed by atoms with van der Waals surface area (Å²) in [4.78, 5) is 2.12. The number of alkyl halides is 24. The number of rotatable bonds is 8. The van der Waals surface area contributed by atoms with Crippen LogP contribution < -0.4 is 0 Å². The van der Waals surface area contributed by atoms with Gasteiger partial charge in [0.05, 0.1) is 44.5 Å². The van der Waals surface area contributed by atoms with Crippen molar-refractivity contribution < 1.29 is 110 Å². The van der Waals surface area contributed by atoms with Gasteiger partial charge in [-0.05, 0) is 198 Å². The molecule has 4 atom stereocenters. The van der Waals surface area contributed by atoms with Gasteiger partial charge in [-0.3, -0.25) is 0 Å². The van der Waals surface area contributed by atoms with Crippen LogP contribution in [0.3, 0.4) is 0 Å². The molecule has 520 valence electrons. The van der Waals surface area contributed by atoms with Gasteiger partial charge < -0.3 is 0 Å². The molecule has 0 N–H and O–H groups in total. The fourth-order valence-corrected chi connectivity index (χ4v) is 13.6. The Kier molecular flexibility index (Phi) is 16.8. The van der Waals surface area contributed by atoms with Gasteiger partial charge in [0.15, 0.2) is 12.1 Å². The van der Waals surface area contributed by atoms with Crippen LogP contribution in [0, 0.1) is 0 Å². The van der Waals surface area contributed by atoms with Crippen molar-refractivity contribution in [1.82, 2.24) is 4.90 Å². The van der Waals surface area contributed by atoms with Gasteiger partial charge in [-0.25, -0.2) is 9.48 Å². The zero-order valence-electron chi connectivity index (χ0n) is 50.9. The lowest BCUT2D eigenvalue weighted by atomic mass is 9.78. The summed E-state index contributed by atoms with van der Waals surface area (Å²) in [7, 11) is 0. The molecule has 10 aromatic rings. The van der Waals surface area contributed by atoms with Crippen molar-refractivity contribution >= 4 is 6.34 Å². The van der Waals surface area contributed by atoms with Crippen molar-refractivity contribution in [3.8, 4) is 66.8 Å². The van der Waals surface area contributed by atoms with Gasteiger partial charge in [0, 0.05) is 24.0 Å². The molecule has 3 heterocycles. The summed E-state index contributed by atoms with van der Waals surface area (Å²) in [6, 6.07) is 34.6. The van der Waals surface area contributed by atoms with Gasteiger partial charge >= 0.3 is 49.4 Å². The molecule has 3 aliphatic rings. The maximum Gasteiger partial charge on any atom is 0.416 e. The first-order chi connectivity index (χ1) is 47.0. The Morgan fingerprint density at radius 3 is 0.822 bits per heavy atom. The molecule has 3 aliphatic heterocycles. The third kappa shape index (κ3) is 13.9. The molecule has 0 fully saturated rings. The van der Waals surface area contributed by atoms with Gasteiger partial charge in [-0.2, -0.15) is 105 Å². The molecule has 0 radical (unpaired) electrons. The molecule has 2 nitrogen and oxygen atoms in total. The first-order valence-electron chi connectivity index (χ1n) is 30.3. The van der Waals surface area contributed by atoms with Crippen LogP contribution in [0.15, 0.2) is 206 Å². The fourth-order valence-electron chi connectivity index (χ4n) is 13.6. The van der Waals surface area contributed by atoms with E-state index in [9.17, 15) is 105 Å². The summed E-state index contributed by atoms with van der Waals surface area (Å²) in [5, 5.41) is 0. The highest BCUT2D eigenvalue weighted by atomic mass is 19.4. The molecule has 0 amide bonds. The summed E-state index contributed by atoms with van der Waals surface area (Å²) in [5.41, 5.74) is -13.5. The monoisotopic (exact) mass is 1430 g/mol. The van der Waals surface area contributed by atoms with Crippen LogP contribution in [0.1, 0.15) is 102 Å². The standard InChI is InChI=1S/C75H43F24N2/c76-68(77,78)54-23-50(24-55(33-54)69(79,80)81)46-17-44(18-47(21-46)51-25-56(70(82,83)84)34-57(26-51)71(85,86)87)38-9-13-40(14-10-38)64-31-42-5-1-3-7-62(42)66-67-63-8-4-2-6-43(63)32-65(101(67)37-100(64)66)41-15-11-39(12-16-41)45-19-48(52-27-58(72(88,89)90)35-59(28-52)73(91,92)93)22-49(20-45)53-29-60(74(94,95)96)36-61(30-53)75(97,98)99/h1-30,33-37,64-67H,31-32H2/q+1/t64-,65-,66-,67-/m1/s1. The largest absolute Gasteiger partial charge is 0.416 e. The predicted octanol–water partition coefficient (Wildman–Crippen LogP) is 24.6. The van der Waals surface area contributed by atoms with Crippen LogP contribution in [-0.4, -0.2) is 15.8 Å². The van der Waals surface area contributed by atoms with Crippen molar-refractivity contribution in [2.45, 2.75) is 86.4 Å². The molecule has 0 saturated heterocycles. The van der Waals surface area contributed by atoms with E-state index in [0.29, 0.717) is 72.5 Å². The van der Waals surface area contributed by atoms with Crippen molar-refractivity contribution in [3.05, 3.63) is 284 Å². The van der Waals surface area contributed by atoms with Gasteiger partial charge in [-0.1, -0.05) is 97.1 Å². The van der Waals surface area contributed by atoms with E-state index in [1.807, 2.05) is 54.9 Å². The van der Waals surface area contributed by atoms with E-state index >= 15 is 0 Å². The lowest BCUT2D eigenvalue weighted by molar-refractivity contribution is -0.609. The predicted molar refractivity (Wildman–Crippen MR) is 325 cm³/mol. The highest BCUT2D eigenvalue weighted by Crippen LogP contribution is 2.55. The molecule has 10 aromatic carbocycles. The Morgan fingerprint density at radius 1 is 0.257 bits per heavy atom. The van der Waals surface area contributed by atoms with E-state index in [1.54, 1.807) is 24.3 Å². The Balaban J connectivity index is 0.911. The summed E-state index contributed by atoms with van der Waals surface area (Å²) in [6.45, 7) is 0. The lowest BCUT2D eigenvalue weighted by Crippen LogP contribution is -2.37. The maximum absolute atomic E-state index is 14.3. The van der Waals surface area contributed by atoms with E-state index in [-0.39, 0.29) is 46.5 Å². The summed E-state index contributed by atoms with van der Waals surface area (Å²) in [6.07, 6.45) is -40.2. The summed E-state index contributed by atoms with van der Waals surface area (Å²) in [5.74, 6) is 0. The summed E-state index contributed by atoms with van der Waals surface area (Å²) >= 11 is 0. The van der Waals surface area contributed by atoms with E-state index in [2.05, 4.69) is 9.48 Å². The smallest absolute Gasteiger partial charge is 0.249 e. The van der Waals surface area contributed by atoms with Crippen LogP contribution in [0.25, 0.3) is 66.8 Å². The summed E-state index contributed by atoms with van der Waals surface area (Å²) < 4.78 is 345. The lowest BCUT2D eigenvalue weighted by Gasteiger charge is -2.37. The number of hydrogen-bond donors (Lipinski definition) is 0. The Bertz CT molecular complexity index is 4590. The first-order valence-corrected chi connectivity index (χ1v) is 30.3. The third-order valence-electron chi connectivity index (χ3n) is 18.3. The highest BCUT2D eigenvalue weighted by molar-refractivity contribution is 5.84. The van der Waals surface area contributed by atoms with Crippen LogP contribution in [0.5, 0.6) is 0 Å². The molecule has 101 heavy (non-hydrogen) atoms. The number of hydrogen-bond acceptors (Lipinski definition) is 1. The average molecular weight is 1430 g/mol. The Morgan fingerprint density at radius 2 is 0.515 bits per heavy atom. The molecule has 0 saturated carbocycles. The zero-order chi connectivity index (χ0) is 72.6. The van der Waals surface area contributed by atoms with Crippen LogP contribution in [0.4, 0.5) is 105 Å². The molecule has 0 unspecified atom stereocenters. The molecule has 13 rings (SSSR count). The number of nitrogens with zero attached hydrogens (tertiary/aromatic N) is 2. The van der Waals surface area contributed by atoms with Crippen LogP contribution >= 0.6 is 0 Å². The number of halogens is 24. The van der Waals surface area contributed by atoms with Crippen molar-refractivity contribution in [1.29, 1.82) is 0 Å². The van der Waals surface area contributed by atoms with Gasteiger partial charge in [0.1, 0.15) is 12.1 Å².